The van der Waals surface area contributed by atoms with Crippen LogP contribution in [0.25, 0.3) is 0 Å². The number of carbonyl (C=O) groups is 4. The molecule has 0 amide bonds. The number of para-hydroxylation sites is 1. The Morgan fingerprint density at radius 2 is 1.72 bits per heavy atom. The highest BCUT2D eigenvalue weighted by Crippen LogP contribution is 2.40. The summed E-state index contributed by atoms with van der Waals surface area (Å²) in [5, 5.41) is 0. The Labute approximate surface area is 184 Å². The first-order chi connectivity index (χ1) is 15.3. The number of hydrogen-bond acceptors (Lipinski definition) is 7. The van der Waals surface area contributed by atoms with E-state index in [4.69, 9.17) is 14.2 Å². The Balaban J connectivity index is 1.48. The van der Waals surface area contributed by atoms with Gasteiger partial charge in [-0.05, 0) is 12.5 Å². The molecule has 2 atom stereocenters. The molecule has 0 aromatic heterocycles. The molecular weight excluding hydrogens is 412 g/mol. The van der Waals surface area contributed by atoms with Crippen molar-refractivity contribution in [2.24, 2.45) is 0 Å². The van der Waals surface area contributed by atoms with E-state index in [1.165, 1.54) is 6.92 Å². The number of carbonyl (C=O) groups excluding carboxylic acids is 4. The van der Waals surface area contributed by atoms with Crippen molar-refractivity contribution in [3.8, 4) is 5.75 Å². The topological polar surface area (TPSA) is 96.0 Å². The van der Waals surface area contributed by atoms with Gasteiger partial charge in [0.05, 0.1) is 6.42 Å². The summed E-state index contributed by atoms with van der Waals surface area (Å²) in [5.74, 6) is -1.92. The number of ether oxygens (including phenoxy) is 3. The van der Waals surface area contributed by atoms with Crippen molar-refractivity contribution in [3.63, 3.8) is 0 Å². The van der Waals surface area contributed by atoms with Crippen molar-refractivity contribution >= 4 is 23.7 Å². The second-order valence-corrected chi connectivity index (χ2v) is 7.71. The van der Waals surface area contributed by atoms with Gasteiger partial charge in [0.2, 0.25) is 6.10 Å². The van der Waals surface area contributed by atoms with Crippen LogP contribution in [-0.4, -0.2) is 23.7 Å². The number of hydrogen-bond donors (Lipinski definition) is 0. The summed E-state index contributed by atoms with van der Waals surface area (Å²) in [6.07, 6.45) is -1.71. The van der Waals surface area contributed by atoms with E-state index in [1.807, 2.05) is 0 Å². The van der Waals surface area contributed by atoms with Gasteiger partial charge >= 0.3 is 17.9 Å². The largest absolute Gasteiger partial charge is 0.454 e. The van der Waals surface area contributed by atoms with E-state index in [-0.39, 0.29) is 35.5 Å². The van der Waals surface area contributed by atoms with E-state index in [1.54, 1.807) is 42.5 Å². The SMILES string of the molecule is C=C(C)C(=O)OC1C(=O)Oc2c(CC(=C)C(=O)OC3CC(=O)c4ccccc43)cccc21. The summed E-state index contributed by atoms with van der Waals surface area (Å²) in [5.41, 5.74) is 2.43. The first kappa shape index (κ1) is 21.2. The lowest BCUT2D eigenvalue weighted by molar-refractivity contribution is -0.157. The molecule has 7 nitrogen and oxygen atoms in total. The zero-order valence-electron chi connectivity index (χ0n) is 17.4. The van der Waals surface area contributed by atoms with Crippen LogP contribution in [-0.2, 0) is 30.3 Å². The molecule has 1 heterocycles. The fourth-order valence-electron chi connectivity index (χ4n) is 3.71. The van der Waals surface area contributed by atoms with Crippen LogP contribution in [0, 0.1) is 0 Å². The number of Topliss-reactive ketones (excluding diaryl/α,β-unsaturated/α-hetero) is 1. The molecule has 2 unspecified atom stereocenters. The fourth-order valence-corrected chi connectivity index (χ4v) is 3.71. The third-order valence-corrected chi connectivity index (χ3v) is 5.32. The smallest absolute Gasteiger partial charge is 0.357 e. The van der Waals surface area contributed by atoms with Gasteiger partial charge in [-0.15, -0.1) is 0 Å². The van der Waals surface area contributed by atoms with E-state index < -0.39 is 30.1 Å². The maximum atomic E-state index is 12.6. The van der Waals surface area contributed by atoms with Gasteiger partial charge in [0.25, 0.3) is 0 Å². The average molecular weight is 432 g/mol. The van der Waals surface area contributed by atoms with E-state index in [9.17, 15) is 19.2 Å². The minimum Gasteiger partial charge on any atom is -0.454 e. The van der Waals surface area contributed by atoms with Crippen LogP contribution in [0.5, 0.6) is 5.75 Å². The molecule has 32 heavy (non-hydrogen) atoms. The molecule has 162 valence electrons. The van der Waals surface area contributed by atoms with Crippen molar-refractivity contribution in [1.29, 1.82) is 0 Å². The maximum Gasteiger partial charge on any atom is 0.357 e. The van der Waals surface area contributed by atoms with Gasteiger partial charge in [-0.3, -0.25) is 4.79 Å². The molecule has 1 aliphatic heterocycles. The third-order valence-electron chi connectivity index (χ3n) is 5.32. The Morgan fingerprint density at radius 1 is 1.00 bits per heavy atom. The van der Waals surface area contributed by atoms with Gasteiger partial charge in [0, 0.05) is 34.3 Å². The fraction of sp³-hybridized carbons (Fsp3) is 0.200. The maximum absolute atomic E-state index is 12.6. The first-order valence-corrected chi connectivity index (χ1v) is 9.97. The van der Waals surface area contributed by atoms with Gasteiger partial charge in [-0.1, -0.05) is 55.6 Å². The summed E-state index contributed by atoms with van der Waals surface area (Å²) < 4.78 is 16.1. The zero-order chi connectivity index (χ0) is 23.0. The lowest BCUT2D eigenvalue weighted by atomic mass is 10.0. The highest BCUT2D eigenvalue weighted by molar-refractivity contribution is 6.01. The van der Waals surface area contributed by atoms with E-state index in [0.717, 1.165) is 0 Å². The van der Waals surface area contributed by atoms with Crippen molar-refractivity contribution in [2.45, 2.75) is 32.0 Å². The van der Waals surface area contributed by atoms with Crippen molar-refractivity contribution < 1.29 is 33.4 Å². The molecule has 7 heteroatoms. The molecule has 0 radical (unpaired) electrons. The molecule has 4 rings (SSSR count). The summed E-state index contributed by atoms with van der Waals surface area (Å²) in [7, 11) is 0. The molecule has 2 aromatic rings. The molecule has 2 aromatic carbocycles. The van der Waals surface area contributed by atoms with Crippen molar-refractivity contribution in [2.75, 3.05) is 0 Å². The second kappa shape index (κ2) is 8.26. The van der Waals surface area contributed by atoms with E-state index >= 15 is 0 Å². The molecule has 1 aliphatic carbocycles. The third kappa shape index (κ3) is 3.85. The first-order valence-electron chi connectivity index (χ1n) is 9.97. The lowest BCUT2D eigenvalue weighted by Crippen LogP contribution is -2.18. The highest BCUT2D eigenvalue weighted by atomic mass is 16.6. The molecule has 0 N–H and O–H groups in total. The molecule has 0 saturated carbocycles. The summed E-state index contributed by atoms with van der Waals surface area (Å²) in [6, 6.07) is 12.0. The number of esters is 3. The van der Waals surface area contributed by atoms with Gasteiger partial charge in [0.1, 0.15) is 11.9 Å². The van der Waals surface area contributed by atoms with E-state index in [0.29, 0.717) is 22.3 Å². The number of benzene rings is 2. The summed E-state index contributed by atoms with van der Waals surface area (Å²) in [6.45, 7) is 8.79. The number of fused-ring (bicyclic) bond motifs is 2. The minimum absolute atomic E-state index is 0.0543. The molecule has 0 fully saturated rings. The van der Waals surface area contributed by atoms with Crippen LogP contribution in [0.2, 0.25) is 0 Å². The van der Waals surface area contributed by atoms with Crippen LogP contribution in [0.15, 0.2) is 66.8 Å². The predicted octanol–water partition coefficient (Wildman–Crippen LogP) is 3.74. The van der Waals surface area contributed by atoms with Gasteiger partial charge < -0.3 is 14.2 Å². The molecular formula is C25H20O7. The molecule has 2 aliphatic rings. The lowest BCUT2D eigenvalue weighted by Gasteiger charge is -2.14. The minimum atomic E-state index is -1.20. The molecule has 0 saturated heterocycles. The number of ketones is 1. The number of rotatable bonds is 6. The summed E-state index contributed by atoms with van der Waals surface area (Å²) >= 11 is 0. The Kier molecular flexibility index (Phi) is 5.48. The zero-order valence-corrected chi connectivity index (χ0v) is 17.4. The Hall–Kier alpha value is -4.00. The van der Waals surface area contributed by atoms with Crippen LogP contribution >= 0.6 is 0 Å². The summed E-state index contributed by atoms with van der Waals surface area (Å²) in [4.78, 5) is 48.9. The standard InChI is InChI=1S/C25H20O7/c1-13(2)23(27)32-22-18-10-6-7-15(21(18)31-25(22)29)11-14(3)24(28)30-20-12-19(26)16-8-4-5-9-17(16)20/h4-10,20,22H,1,3,11-12H2,2H3. The van der Waals surface area contributed by atoms with Crippen LogP contribution in [0.1, 0.15) is 52.6 Å². The molecule has 0 spiro atoms. The average Bonchev–Trinajstić information content (AvgIpc) is 3.25. The molecule has 0 bridgehead atoms. The van der Waals surface area contributed by atoms with Gasteiger partial charge in [0.15, 0.2) is 5.78 Å². The Morgan fingerprint density at radius 3 is 2.47 bits per heavy atom. The Bertz CT molecular complexity index is 1190. The quantitative estimate of drug-likeness (QED) is 0.390. The van der Waals surface area contributed by atoms with Gasteiger partial charge in [-0.25, -0.2) is 14.4 Å². The van der Waals surface area contributed by atoms with Crippen LogP contribution < -0.4 is 4.74 Å². The van der Waals surface area contributed by atoms with Crippen molar-refractivity contribution in [3.05, 3.63) is 89.0 Å². The normalized spacial score (nSPS) is 18.4. The van der Waals surface area contributed by atoms with Crippen molar-refractivity contribution in [1.82, 2.24) is 0 Å². The monoisotopic (exact) mass is 432 g/mol. The van der Waals surface area contributed by atoms with Gasteiger partial charge in [-0.2, -0.15) is 0 Å². The van der Waals surface area contributed by atoms with Crippen LogP contribution in [0.4, 0.5) is 0 Å². The highest BCUT2D eigenvalue weighted by Gasteiger charge is 2.38. The second-order valence-electron chi connectivity index (χ2n) is 7.71. The predicted molar refractivity (Wildman–Crippen MR) is 113 cm³/mol. The van der Waals surface area contributed by atoms with E-state index in [2.05, 4.69) is 13.2 Å². The van der Waals surface area contributed by atoms with Crippen LogP contribution in [0.3, 0.4) is 0 Å².